The van der Waals surface area contributed by atoms with Gasteiger partial charge in [0.15, 0.2) is 0 Å². The number of esters is 1. The van der Waals surface area contributed by atoms with Crippen molar-refractivity contribution < 1.29 is 9.53 Å². The monoisotopic (exact) mass is 280 g/mol. The summed E-state index contributed by atoms with van der Waals surface area (Å²) in [6.07, 6.45) is 0.281. The Labute approximate surface area is 122 Å². The average Bonchev–Trinajstić information content (AvgIpc) is 2.91. The molecule has 21 heavy (non-hydrogen) atoms. The van der Waals surface area contributed by atoms with Crippen LogP contribution in [0.2, 0.25) is 0 Å². The summed E-state index contributed by atoms with van der Waals surface area (Å²) >= 11 is 0. The van der Waals surface area contributed by atoms with Gasteiger partial charge in [0, 0.05) is 5.56 Å². The van der Waals surface area contributed by atoms with E-state index in [4.69, 9.17) is 4.74 Å². The summed E-state index contributed by atoms with van der Waals surface area (Å²) < 4.78 is 4.97. The highest BCUT2D eigenvalue weighted by atomic mass is 16.5. The summed E-state index contributed by atoms with van der Waals surface area (Å²) in [7, 11) is 0. The summed E-state index contributed by atoms with van der Waals surface area (Å²) in [5, 5.41) is 0. The van der Waals surface area contributed by atoms with Crippen LogP contribution in [0.3, 0.4) is 0 Å². The Morgan fingerprint density at radius 1 is 1.19 bits per heavy atom. The van der Waals surface area contributed by atoms with E-state index >= 15 is 0 Å². The van der Waals surface area contributed by atoms with Crippen molar-refractivity contribution in [3.63, 3.8) is 0 Å². The van der Waals surface area contributed by atoms with Gasteiger partial charge < -0.3 is 9.72 Å². The lowest BCUT2D eigenvalue weighted by atomic mass is 10.1. The Morgan fingerprint density at radius 3 is 2.76 bits per heavy atom. The predicted octanol–water partition coefficient (Wildman–Crippen LogP) is 3.34. The lowest BCUT2D eigenvalue weighted by Gasteiger charge is -2.01. The number of nitrogens with zero attached hydrogens (tertiary/aromatic N) is 1. The molecule has 0 saturated carbocycles. The van der Waals surface area contributed by atoms with Crippen LogP contribution < -0.4 is 0 Å². The van der Waals surface area contributed by atoms with E-state index in [1.807, 2.05) is 55.5 Å². The van der Waals surface area contributed by atoms with Crippen molar-refractivity contribution in [2.24, 2.45) is 0 Å². The van der Waals surface area contributed by atoms with Gasteiger partial charge in [-0.2, -0.15) is 0 Å². The van der Waals surface area contributed by atoms with Crippen molar-refractivity contribution in [2.75, 3.05) is 6.61 Å². The molecule has 1 heterocycles. The second kappa shape index (κ2) is 5.79. The maximum absolute atomic E-state index is 11.5. The van der Waals surface area contributed by atoms with Gasteiger partial charge in [0.1, 0.15) is 5.82 Å². The zero-order chi connectivity index (χ0) is 14.7. The number of nitrogens with one attached hydrogen (secondary N) is 1. The third-order valence-corrected chi connectivity index (χ3v) is 3.25. The Bertz CT molecular complexity index is 763. The van der Waals surface area contributed by atoms with Gasteiger partial charge in [-0.05, 0) is 24.6 Å². The van der Waals surface area contributed by atoms with Crippen LogP contribution in [0.5, 0.6) is 0 Å². The number of imidazole rings is 1. The van der Waals surface area contributed by atoms with E-state index in [2.05, 4.69) is 9.97 Å². The molecule has 1 N–H and O–H groups in total. The molecule has 0 fully saturated rings. The molecule has 0 aliphatic rings. The first kappa shape index (κ1) is 13.4. The van der Waals surface area contributed by atoms with Gasteiger partial charge in [0.05, 0.1) is 24.1 Å². The van der Waals surface area contributed by atoms with Crippen LogP contribution in [0.25, 0.3) is 22.4 Å². The van der Waals surface area contributed by atoms with Crippen LogP contribution >= 0.6 is 0 Å². The Hall–Kier alpha value is -2.62. The first-order valence-corrected chi connectivity index (χ1v) is 6.96. The topological polar surface area (TPSA) is 55.0 Å². The Kier molecular flexibility index (Phi) is 3.69. The number of ether oxygens (including phenoxy) is 1. The molecule has 0 atom stereocenters. The smallest absolute Gasteiger partial charge is 0.310 e. The summed E-state index contributed by atoms with van der Waals surface area (Å²) in [5.41, 5.74) is 3.78. The normalized spacial score (nSPS) is 10.7. The van der Waals surface area contributed by atoms with E-state index in [0.29, 0.717) is 6.61 Å². The lowest BCUT2D eigenvalue weighted by Crippen LogP contribution is -2.07. The van der Waals surface area contributed by atoms with Crippen molar-refractivity contribution in [1.29, 1.82) is 0 Å². The molecule has 0 unspecified atom stereocenters. The maximum atomic E-state index is 11.5. The van der Waals surface area contributed by atoms with Crippen LogP contribution in [-0.2, 0) is 16.0 Å². The quantitative estimate of drug-likeness (QED) is 0.746. The largest absolute Gasteiger partial charge is 0.466 e. The number of hydrogen-bond acceptors (Lipinski definition) is 3. The number of aromatic nitrogens is 2. The number of carbonyl (C=O) groups is 1. The molecule has 0 bridgehead atoms. The standard InChI is InChI=1S/C17H16N2O2/c1-2-21-16(20)11-12-8-9-14-15(10-12)19-17(18-14)13-6-4-3-5-7-13/h3-10H,2,11H2,1H3,(H,18,19). The Morgan fingerprint density at radius 2 is 2.00 bits per heavy atom. The van der Waals surface area contributed by atoms with Gasteiger partial charge in [-0.25, -0.2) is 4.98 Å². The first-order valence-electron chi connectivity index (χ1n) is 6.96. The van der Waals surface area contributed by atoms with E-state index in [1.165, 1.54) is 0 Å². The highest BCUT2D eigenvalue weighted by Crippen LogP contribution is 2.21. The number of benzene rings is 2. The van der Waals surface area contributed by atoms with Crippen LogP contribution in [0.4, 0.5) is 0 Å². The predicted molar refractivity (Wildman–Crippen MR) is 81.9 cm³/mol. The number of aromatic amines is 1. The van der Waals surface area contributed by atoms with E-state index in [-0.39, 0.29) is 12.4 Å². The zero-order valence-electron chi connectivity index (χ0n) is 11.8. The average molecular weight is 280 g/mol. The van der Waals surface area contributed by atoms with E-state index < -0.39 is 0 Å². The molecular formula is C17H16N2O2. The molecule has 4 nitrogen and oxygen atoms in total. The fourth-order valence-corrected chi connectivity index (χ4v) is 2.28. The van der Waals surface area contributed by atoms with Crippen molar-refractivity contribution in [2.45, 2.75) is 13.3 Å². The highest BCUT2D eigenvalue weighted by Gasteiger charge is 2.08. The molecule has 2 aromatic carbocycles. The minimum atomic E-state index is -0.209. The molecule has 0 amide bonds. The summed E-state index contributed by atoms with van der Waals surface area (Å²) in [5.74, 6) is 0.624. The van der Waals surface area contributed by atoms with Crippen molar-refractivity contribution in [3.8, 4) is 11.4 Å². The third-order valence-electron chi connectivity index (χ3n) is 3.25. The number of carbonyl (C=O) groups excluding carboxylic acids is 1. The SMILES string of the molecule is CCOC(=O)Cc1ccc2nc(-c3ccccc3)[nH]c2c1. The molecule has 3 aromatic rings. The van der Waals surface area contributed by atoms with Gasteiger partial charge >= 0.3 is 5.97 Å². The molecule has 106 valence electrons. The molecule has 0 radical (unpaired) electrons. The fraction of sp³-hybridized carbons (Fsp3) is 0.176. The minimum Gasteiger partial charge on any atom is -0.466 e. The first-order chi connectivity index (χ1) is 10.3. The molecule has 0 aliphatic heterocycles. The maximum Gasteiger partial charge on any atom is 0.310 e. The van der Waals surface area contributed by atoms with Crippen molar-refractivity contribution in [3.05, 3.63) is 54.1 Å². The molecule has 0 saturated heterocycles. The fourth-order valence-electron chi connectivity index (χ4n) is 2.28. The van der Waals surface area contributed by atoms with Crippen LogP contribution in [0, 0.1) is 0 Å². The minimum absolute atomic E-state index is 0.209. The van der Waals surface area contributed by atoms with E-state index in [9.17, 15) is 4.79 Å². The molecule has 0 aliphatic carbocycles. The van der Waals surface area contributed by atoms with E-state index in [0.717, 1.165) is 28.0 Å². The lowest BCUT2D eigenvalue weighted by molar-refractivity contribution is -0.142. The van der Waals surface area contributed by atoms with Gasteiger partial charge in [-0.1, -0.05) is 36.4 Å². The van der Waals surface area contributed by atoms with E-state index in [1.54, 1.807) is 0 Å². The molecule has 4 heteroatoms. The van der Waals surface area contributed by atoms with Gasteiger partial charge in [-0.15, -0.1) is 0 Å². The molecule has 3 rings (SSSR count). The van der Waals surface area contributed by atoms with Crippen LogP contribution in [-0.4, -0.2) is 22.5 Å². The van der Waals surface area contributed by atoms with Gasteiger partial charge in [-0.3, -0.25) is 4.79 Å². The second-order valence-electron chi connectivity index (χ2n) is 4.78. The molecule has 1 aromatic heterocycles. The molecular weight excluding hydrogens is 264 g/mol. The highest BCUT2D eigenvalue weighted by molar-refractivity contribution is 5.81. The van der Waals surface area contributed by atoms with Crippen molar-refractivity contribution >= 4 is 17.0 Å². The van der Waals surface area contributed by atoms with Crippen LogP contribution in [0.15, 0.2) is 48.5 Å². The molecule has 0 spiro atoms. The summed E-state index contributed by atoms with van der Waals surface area (Å²) in [6, 6.07) is 15.7. The van der Waals surface area contributed by atoms with Gasteiger partial charge in [0.25, 0.3) is 0 Å². The third kappa shape index (κ3) is 2.94. The van der Waals surface area contributed by atoms with Crippen molar-refractivity contribution in [1.82, 2.24) is 9.97 Å². The number of H-pyrrole nitrogens is 1. The van der Waals surface area contributed by atoms with Gasteiger partial charge in [0.2, 0.25) is 0 Å². The Balaban J connectivity index is 1.90. The number of hydrogen-bond donors (Lipinski definition) is 1. The zero-order valence-corrected chi connectivity index (χ0v) is 11.8. The second-order valence-corrected chi connectivity index (χ2v) is 4.78. The number of fused-ring (bicyclic) bond motifs is 1. The summed E-state index contributed by atoms with van der Waals surface area (Å²) in [6.45, 7) is 2.21. The van der Waals surface area contributed by atoms with Crippen LogP contribution in [0.1, 0.15) is 12.5 Å². The number of rotatable bonds is 4. The summed E-state index contributed by atoms with van der Waals surface area (Å²) in [4.78, 5) is 19.4.